The molecule has 0 spiro atoms. The number of hydrogen-bond acceptors (Lipinski definition) is 6. The normalized spacial score (nSPS) is 16.4. The number of likely N-dealkylation sites (tertiary alicyclic amines) is 1. The number of carbonyl (C=O) groups is 1. The maximum absolute atomic E-state index is 12.5. The lowest BCUT2D eigenvalue weighted by Crippen LogP contribution is -2.55. The van der Waals surface area contributed by atoms with Crippen LogP contribution in [0, 0.1) is 20.8 Å². The van der Waals surface area contributed by atoms with Gasteiger partial charge in [-0.25, -0.2) is 0 Å². The Morgan fingerprint density at radius 2 is 2.13 bits per heavy atom. The lowest BCUT2D eigenvalue weighted by molar-refractivity contribution is -0.147. The molecular formula is C15H21N5O3. The maximum Gasteiger partial charge on any atom is 0.242 e. The number of nitrogens with one attached hydrogen (secondary N) is 1. The van der Waals surface area contributed by atoms with E-state index >= 15 is 0 Å². The summed E-state index contributed by atoms with van der Waals surface area (Å²) in [6.45, 7) is 8.97. The lowest BCUT2D eigenvalue weighted by atomic mass is 9.96. The molecule has 1 saturated heterocycles. The molecule has 2 aromatic rings. The van der Waals surface area contributed by atoms with Gasteiger partial charge in [-0.3, -0.25) is 9.89 Å². The van der Waals surface area contributed by atoms with E-state index in [0.29, 0.717) is 24.9 Å². The van der Waals surface area contributed by atoms with Crippen LogP contribution in [0.5, 0.6) is 0 Å². The molecule has 1 aliphatic heterocycles. The van der Waals surface area contributed by atoms with Crippen LogP contribution in [0.4, 0.5) is 0 Å². The molecule has 1 fully saturated rings. The number of aromatic nitrogens is 4. The van der Waals surface area contributed by atoms with Crippen LogP contribution in [0.3, 0.4) is 0 Å². The third-order valence-electron chi connectivity index (χ3n) is 4.16. The smallest absolute Gasteiger partial charge is 0.242 e. The maximum atomic E-state index is 12.5. The molecule has 0 aromatic carbocycles. The number of nitrogens with zero attached hydrogens (tertiary/aromatic N) is 4. The van der Waals surface area contributed by atoms with Gasteiger partial charge in [-0.15, -0.1) is 10.2 Å². The second kappa shape index (κ2) is 6.11. The Hall–Kier alpha value is -2.22. The minimum absolute atomic E-state index is 0.0184. The van der Waals surface area contributed by atoms with Gasteiger partial charge in [0.2, 0.25) is 17.7 Å². The van der Waals surface area contributed by atoms with Crippen molar-refractivity contribution in [2.24, 2.45) is 0 Å². The summed E-state index contributed by atoms with van der Waals surface area (Å²) in [7, 11) is 0. The van der Waals surface area contributed by atoms with Crippen LogP contribution in [0.1, 0.15) is 41.6 Å². The van der Waals surface area contributed by atoms with Gasteiger partial charge >= 0.3 is 0 Å². The van der Waals surface area contributed by atoms with Gasteiger partial charge in [0.25, 0.3) is 0 Å². The molecule has 0 aliphatic carbocycles. The predicted octanol–water partition coefficient (Wildman–Crippen LogP) is 1.25. The van der Waals surface area contributed by atoms with Crippen LogP contribution in [0.15, 0.2) is 4.42 Å². The summed E-state index contributed by atoms with van der Waals surface area (Å²) in [6.07, 6.45) is 0.0184. The second-order valence-corrected chi connectivity index (χ2v) is 5.96. The van der Waals surface area contributed by atoms with Crippen LogP contribution in [0.25, 0.3) is 0 Å². The van der Waals surface area contributed by atoms with Gasteiger partial charge in [0.1, 0.15) is 6.61 Å². The number of ether oxygens (including phenoxy) is 1. The Balaban J connectivity index is 1.50. The van der Waals surface area contributed by atoms with Crippen molar-refractivity contribution in [1.29, 1.82) is 0 Å². The fourth-order valence-electron chi connectivity index (χ4n) is 2.90. The summed E-state index contributed by atoms with van der Waals surface area (Å²) >= 11 is 0. The first-order valence-corrected chi connectivity index (χ1v) is 7.66. The Bertz CT molecular complexity index is 682. The van der Waals surface area contributed by atoms with Crippen LogP contribution in [-0.4, -0.2) is 50.4 Å². The fourth-order valence-corrected chi connectivity index (χ4v) is 2.90. The molecule has 3 heterocycles. The highest BCUT2D eigenvalue weighted by Gasteiger charge is 2.35. The van der Waals surface area contributed by atoms with Crippen LogP contribution < -0.4 is 0 Å². The summed E-state index contributed by atoms with van der Waals surface area (Å²) in [6, 6.07) is 0. The van der Waals surface area contributed by atoms with E-state index in [1.54, 1.807) is 11.8 Å². The summed E-state index contributed by atoms with van der Waals surface area (Å²) in [5, 5.41) is 14.7. The summed E-state index contributed by atoms with van der Waals surface area (Å²) in [5.41, 5.74) is 2.81. The molecular weight excluding hydrogens is 298 g/mol. The number of amides is 1. The molecule has 8 nitrogen and oxygen atoms in total. The average Bonchev–Trinajstić information content (AvgIpc) is 3.02. The van der Waals surface area contributed by atoms with Gasteiger partial charge in [0.05, 0.1) is 17.7 Å². The van der Waals surface area contributed by atoms with Crippen LogP contribution in [0.2, 0.25) is 0 Å². The molecule has 124 valence electrons. The van der Waals surface area contributed by atoms with E-state index < -0.39 is 0 Å². The number of rotatable bonds is 5. The van der Waals surface area contributed by atoms with E-state index in [4.69, 9.17) is 9.15 Å². The standard InChI is InChI=1S/C15H21N5O3/c1-8(14-9(2)16-17-10(14)3)15(21)20-5-12(6-20)22-7-13-19-18-11(4)23-13/h8,12H,5-7H2,1-4H3,(H,16,17). The van der Waals surface area contributed by atoms with E-state index in [2.05, 4.69) is 20.4 Å². The molecule has 1 atom stereocenters. The van der Waals surface area contributed by atoms with E-state index in [1.807, 2.05) is 20.8 Å². The molecule has 8 heteroatoms. The van der Waals surface area contributed by atoms with Gasteiger partial charge in [-0.05, 0) is 20.8 Å². The second-order valence-electron chi connectivity index (χ2n) is 5.96. The zero-order valence-corrected chi connectivity index (χ0v) is 13.8. The Kier molecular flexibility index (Phi) is 4.16. The molecule has 1 aliphatic rings. The van der Waals surface area contributed by atoms with Crippen molar-refractivity contribution in [2.45, 2.75) is 46.3 Å². The van der Waals surface area contributed by atoms with E-state index in [9.17, 15) is 4.79 Å². The van der Waals surface area contributed by atoms with E-state index in [1.165, 1.54) is 0 Å². The van der Waals surface area contributed by atoms with Crippen molar-refractivity contribution in [1.82, 2.24) is 25.3 Å². The molecule has 1 unspecified atom stereocenters. The van der Waals surface area contributed by atoms with Crippen molar-refractivity contribution in [3.8, 4) is 0 Å². The van der Waals surface area contributed by atoms with Crippen LogP contribution >= 0.6 is 0 Å². The van der Waals surface area contributed by atoms with Gasteiger partial charge in [0.15, 0.2) is 0 Å². The highest BCUT2D eigenvalue weighted by Crippen LogP contribution is 2.26. The topological polar surface area (TPSA) is 97.1 Å². The Morgan fingerprint density at radius 1 is 1.39 bits per heavy atom. The third kappa shape index (κ3) is 3.12. The van der Waals surface area contributed by atoms with Crippen molar-refractivity contribution in [3.05, 3.63) is 28.7 Å². The van der Waals surface area contributed by atoms with E-state index in [0.717, 1.165) is 17.0 Å². The largest absolute Gasteiger partial charge is 0.423 e. The Labute approximate surface area is 134 Å². The molecule has 0 bridgehead atoms. The van der Waals surface area contributed by atoms with Crippen molar-refractivity contribution < 1.29 is 13.9 Å². The summed E-state index contributed by atoms with van der Waals surface area (Å²) in [5.74, 6) is 0.887. The molecule has 0 saturated carbocycles. The third-order valence-corrected chi connectivity index (χ3v) is 4.16. The molecule has 23 heavy (non-hydrogen) atoms. The minimum Gasteiger partial charge on any atom is -0.423 e. The zero-order chi connectivity index (χ0) is 16.6. The molecule has 2 aromatic heterocycles. The van der Waals surface area contributed by atoms with Gasteiger partial charge in [-0.1, -0.05) is 0 Å². The SMILES string of the molecule is Cc1nnc(COC2CN(C(=O)C(C)c3c(C)n[nH]c3C)C2)o1. The van der Waals surface area contributed by atoms with Crippen molar-refractivity contribution >= 4 is 5.91 Å². The quantitative estimate of drug-likeness (QED) is 0.891. The number of carbonyl (C=O) groups excluding carboxylic acids is 1. The summed E-state index contributed by atoms with van der Waals surface area (Å²) < 4.78 is 10.9. The molecule has 1 amide bonds. The number of H-pyrrole nitrogens is 1. The first-order valence-electron chi connectivity index (χ1n) is 7.66. The number of hydrogen-bond donors (Lipinski definition) is 1. The van der Waals surface area contributed by atoms with Gasteiger partial charge < -0.3 is 14.1 Å². The highest BCUT2D eigenvalue weighted by molar-refractivity contribution is 5.84. The Morgan fingerprint density at radius 3 is 2.70 bits per heavy atom. The minimum atomic E-state index is -0.201. The zero-order valence-electron chi connectivity index (χ0n) is 13.8. The van der Waals surface area contributed by atoms with Gasteiger partial charge in [-0.2, -0.15) is 5.10 Å². The first kappa shape index (κ1) is 15.7. The highest BCUT2D eigenvalue weighted by atomic mass is 16.5. The van der Waals surface area contributed by atoms with Crippen molar-refractivity contribution in [3.63, 3.8) is 0 Å². The monoisotopic (exact) mass is 319 g/mol. The van der Waals surface area contributed by atoms with E-state index in [-0.39, 0.29) is 24.5 Å². The number of aryl methyl sites for hydroxylation is 3. The van der Waals surface area contributed by atoms with Crippen LogP contribution in [-0.2, 0) is 16.1 Å². The number of aromatic amines is 1. The molecule has 1 N–H and O–H groups in total. The molecule has 3 rings (SSSR count). The first-order chi connectivity index (χ1) is 11.0. The lowest BCUT2D eigenvalue weighted by Gasteiger charge is -2.40. The van der Waals surface area contributed by atoms with Crippen molar-refractivity contribution in [2.75, 3.05) is 13.1 Å². The predicted molar refractivity (Wildman–Crippen MR) is 80.7 cm³/mol. The average molecular weight is 319 g/mol. The summed E-state index contributed by atoms with van der Waals surface area (Å²) in [4.78, 5) is 14.3. The molecule has 0 radical (unpaired) electrons. The van der Waals surface area contributed by atoms with Gasteiger partial charge in [0, 0.05) is 31.3 Å². The fraction of sp³-hybridized carbons (Fsp3) is 0.600.